The molecular weight excluding hydrogens is 325 g/mol. The molecule has 20 heavy (non-hydrogen) atoms. The van der Waals surface area contributed by atoms with Crippen molar-refractivity contribution in [1.29, 1.82) is 0 Å². The Hall–Kier alpha value is -1.75. The lowest BCUT2D eigenvalue weighted by molar-refractivity contribution is 0.230. The fourth-order valence-corrected chi connectivity index (χ4v) is 1.88. The highest BCUT2D eigenvalue weighted by Gasteiger charge is 2.12. The highest BCUT2D eigenvalue weighted by molar-refractivity contribution is 9.10. The average Bonchev–Trinajstić information content (AvgIpc) is 2.37. The van der Waals surface area contributed by atoms with E-state index in [2.05, 4.69) is 15.9 Å². The van der Waals surface area contributed by atoms with Crippen LogP contribution in [0.1, 0.15) is 13.8 Å². The van der Waals surface area contributed by atoms with E-state index in [1.165, 1.54) is 12.1 Å². The predicted molar refractivity (Wildman–Crippen MR) is 80.8 cm³/mol. The molecule has 0 aliphatic rings. The number of ether oxygens (including phenoxy) is 2. The Balaban J connectivity index is 2.28. The average molecular weight is 340 g/mol. The smallest absolute Gasteiger partial charge is 0.167 e. The zero-order chi connectivity index (χ0) is 14.7. The number of anilines is 1. The molecule has 2 aromatic rings. The highest BCUT2D eigenvalue weighted by Crippen LogP contribution is 2.34. The van der Waals surface area contributed by atoms with E-state index >= 15 is 0 Å². The minimum Gasteiger partial charge on any atom is -0.488 e. The first-order valence-electron chi connectivity index (χ1n) is 6.15. The topological polar surface area (TPSA) is 44.5 Å². The zero-order valence-electron chi connectivity index (χ0n) is 11.2. The Morgan fingerprint density at radius 2 is 1.75 bits per heavy atom. The first-order valence-corrected chi connectivity index (χ1v) is 6.94. The van der Waals surface area contributed by atoms with Crippen molar-refractivity contribution in [3.05, 3.63) is 46.7 Å². The third-order valence-corrected chi connectivity index (χ3v) is 3.00. The molecule has 0 aliphatic carbocycles. The van der Waals surface area contributed by atoms with Gasteiger partial charge in [0.2, 0.25) is 0 Å². The summed E-state index contributed by atoms with van der Waals surface area (Å²) in [5.74, 6) is 0.604. The van der Waals surface area contributed by atoms with E-state index in [9.17, 15) is 4.39 Å². The molecule has 3 nitrogen and oxygen atoms in total. The molecule has 0 unspecified atom stereocenters. The summed E-state index contributed by atoms with van der Waals surface area (Å²) in [7, 11) is 0. The molecule has 0 spiro atoms. The summed E-state index contributed by atoms with van der Waals surface area (Å²) in [5.41, 5.74) is 5.99. The molecule has 0 atom stereocenters. The lowest BCUT2D eigenvalue weighted by atomic mass is 10.2. The summed E-state index contributed by atoms with van der Waals surface area (Å²) < 4.78 is 25.7. The summed E-state index contributed by atoms with van der Waals surface area (Å²) >= 11 is 3.34. The minimum atomic E-state index is -0.501. The Kier molecular flexibility index (Phi) is 4.49. The molecule has 5 heteroatoms. The molecule has 106 valence electrons. The maximum atomic E-state index is 13.7. The van der Waals surface area contributed by atoms with Crippen molar-refractivity contribution in [2.24, 2.45) is 0 Å². The Labute approximate surface area is 125 Å². The quantitative estimate of drug-likeness (QED) is 0.817. The van der Waals surface area contributed by atoms with Gasteiger partial charge in [-0.3, -0.25) is 0 Å². The number of nitrogen functional groups attached to an aromatic ring is 1. The summed E-state index contributed by atoms with van der Waals surface area (Å²) in [5, 5.41) is 0. The maximum absolute atomic E-state index is 13.7. The third-order valence-electron chi connectivity index (χ3n) is 2.47. The number of rotatable bonds is 4. The Morgan fingerprint density at radius 1 is 1.10 bits per heavy atom. The number of hydrogen-bond donors (Lipinski definition) is 1. The normalized spacial score (nSPS) is 10.7. The highest BCUT2D eigenvalue weighted by atomic mass is 79.9. The monoisotopic (exact) mass is 339 g/mol. The van der Waals surface area contributed by atoms with Crippen LogP contribution < -0.4 is 15.2 Å². The lowest BCUT2D eigenvalue weighted by Gasteiger charge is -2.14. The number of halogens is 2. The summed E-state index contributed by atoms with van der Waals surface area (Å²) in [6.07, 6.45) is -0.131. The van der Waals surface area contributed by atoms with Crippen molar-refractivity contribution in [2.75, 3.05) is 5.73 Å². The number of hydrogen-bond acceptors (Lipinski definition) is 3. The molecule has 0 aliphatic heterocycles. The van der Waals surface area contributed by atoms with Crippen LogP contribution in [0.2, 0.25) is 0 Å². The van der Waals surface area contributed by atoms with Crippen LogP contribution in [-0.2, 0) is 0 Å². The number of benzene rings is 2. The van der Waals surface area contributed by atoms with Gasteiger partial charge in [0.1, 0.15) is 5.75 Å². The summed E-state index contributed by atoms with van der Waals surface area (Å²) in [4.78, 5) is 0. The summed E-state index contributed by atoms with van der Waals surface area (Å²) in [6, 6.07) is 9.94. The maximum Gasteiger partial charge on any atom is 0.167 e. The molecule has 0 saturated carbocycles. The molecule has 0 aromatic heterocycles. The van der Waals surface area contributed by atoms with Gasteiger partial charge in [-0.1, -0.05) is 15.9 Å². The van der Waals surface area contributed by atoms with E-state index in [0.717, 1.165) is 4.47 Å². The van der Waals surface area contributed by atoms with Gasteiger partial charge in [-0.05, 0) is 38.1 Å². The standard InChI is InChI=1S/C15H15BrFNO2/c1-9(2)19-14-8-15(13(18)7-12(14)17)20-11-5-3-10(16)4-6-11/h3-9H,18H2,1-2H3. The second-order valence-corrected chi connectivity index (χ2v) is 5.46. The van der Waals surface area contributed by atoms with Crippen LogP contribution in [-0.4, -0.2) is 6.10 Å². The molecular formula is C15H15BrFNO2. The van der Waals surface area contributed by atoms with Crippen molar-refractivity contribution >= 4 is 21.6 Å². The van der Waals surface area contributed by atoms with Crippen LogP contribution in [0.4, 0.5) is 10.1 Å². The van der Waals surface area contributed by atoms with Gasteiger partial charge in [-0.25, -0.2) is 4.39 Å². The Morgan fingerprint density at radius 3 is 2.35 bits per heavy atom. The third kappa shape index (κ3) is 3.63. The van der Waals surface area contributed by atoms with Gasteiger partial charge in [0.05, 0.1) is 11.8 Å². The van der Waals surface area contributed by atoms with Crippen molar-refractivity contribution in [1.82, 2.24) is 0 Å². The van der Waals surface area contributed by atoms with Gasteiger partial charge in [0.15, 0.2) is 17.3 Å². The van der Waals surface area contributed by atoms with Gasteiger partial charge < -0.3 is 15.2 Å². The molecule has 0 fully saturated rings. The van der Waals surface area contributed by atoms with Crippen molar-refractivity contribution < 1.29 is 13.9 Å². The van der Waals surface area contributed by atoms with E-state index in [4.69, 9.17) is 15.2 Å². The van der Waals surface area contributed by atoms with Crippen LogP contribution in [0.25, 0.3) is 0 Å². The summed E-state index contributed by atoms with van der Waals surface area (Å²) in [6.45, 7) is 3.65. The van der Waals surface area contributed by atoms with E-state index in [-0.39, 0.29) is 17.5 Å². The van der Waals surface area contributed by atoms with Gasteiger partial charge in [-0.15, -0.1) is 0 Å². The van der Waals surface area contributed by atoms with E-state index < -0.39 is 5.82 Å². The first kappa shape index (κ1) is 14.7. The van der Waals surface area contributed by atoms with Crippen LogP contribution in [0.15, 0.2) is 40.9 Å². The predicted octanol–water partition coefficient (Wildman–Crippen LogP) is 4.75. The number of nitrogens with two attached hydrogens (primary N) is 1. The van der Waals surface area contributed by atoms with Crippen molar-refractivity contribution in [2.45, 2.75) is 20.0 Å². The molecule has 0 heterocycles. The molecule has 2 aromatic carbocycles. The fraction of sp³-hybridized carbons (Fsp3) is 0.200. The van der Waals surface area contributed by atoms with Crippen molar-refractivity contribution in [3.8, 4) is 17.2 Å². The molecule has 0 saturated heterocycles. The van der Waals surface area contributed by atoms with Gasteiger partial charge in [-0.2, -0.15) is 0 Å². The fourth-order valence-electron chi connectivity index (χ4n) is 1.61. The minimum absolute atomic E-state index is 0.126. The van der Waals surface area contributed by atoms with Gasteiger partial charge in [0, 0.05) is 16.6 Å². The molecule has 2 N–H and O–H groups in total. The SMILES string of the molecule is CC(C)Oc1cc(Oc2ccc(Br)cc2)c(N)cc1F. The van der Waals surface area contributed by atoms with Gasteiger partial charge >= 0.3 is 0 Å². The first-order chi connectivity index (χ1) is 9.45. The Bertz CT molecular complexity index is 600. The largest absolute Gasteiger partial charge is 0.488 e. The van der Waals surface area contributed by atoms with E-state index in [1.54, 1.807) is 12.1 Å². The van der Waals surface area contributed by atoms with E-state index in [0.29, 0.717) is 11.5 Å². The second-order valence-electron chi connectivity index (χ2n) is 4.54. The van der Waals surface area contributed by atoms with Crippen LogP contribution in [0.5, 0.6) is 17.2 Å². The molecule has 0 amide bonds. The zero-order valence-corrected chi connectivity index (χ0v) is 12.8. The van der Waals surface area contributed by atoms with E-state index in [1.807, 2.05) is 26.0 Å². The molecule has 0 bridgehead atoms. The van der Waals surface area contributed by atoms with Gasteiger partial charge in [0.25, 0.3) is 0 Å². The van der Waals surface area contributed by atoms with Crippen LogP contribution >= 0.6 is 15.9 Å². The van der Waals surface area contributed by atoms with Crippen LogP contribution in [0.3, 0.4) is 0 Å². The lowest BCUT2D eigenvalue weighted by Crippen LogP contribution is -2.07. The second kappa shape index (κ2) is 6.13. The molecule has 2 rings (SSSR count). The molecule has 0 radical (unpaired) electrons. The van der Waals surface area contributed by atoms with Crippen molar-refractivity contribution in [3.63, 3.8) is 0 Å². The van der Waals surface area contributed by atoms with Crippen LogP contribution in [0, 0.1) is 5.82 Å².